The predicted octanol–water partition coefficient (Wildman–Crippen LogP) is 5.95. The molecule has 4 rings (SSSR count). The lowest BCUT2D eigenvalue weighted by atomic mass is 9.90. The van der Waals surface area contributed by atoms with E-state index < -0.39 is 39.5 Å². The number of anilines is 2. The third-order valence-electron chi connectivity index (χ3n) is 6.85. The predicted molar refractivity (Wildman–Crippen MR) is 150 cm³/mol. The zero-order valence-corrected chi connectivity index (χ0v) is 23.9. The monoisotopic (exact) mass is 612 g/mol. The number of aromatic nitrogens is 1. The van der Waals surface area contributed by atoms with E-state index >= 15 is 0 Å². The van der Waals surface area contributed by atoms with Gasteiger partial charge in [-0.2, -0.15) is 13.2 Å². The van der Waals surface area contributed by atoms with Gasteiger partial charge in [-0.1, -0.05) is 42.8 Å². The zero-order valence-electron chi connectivity index (χ0n) is 22.3. The first-order valence-electron chi connectivity index (χ1n) is 12.8. The normalized spacial score (nSPS) is 15.4. The zero-order chi connectivity index (χ0) is 29.9. The van der Waals surface area contributed by atoms with Crippen LogP contribution in [0, 0.1) is 11.7 Å². The van der Waals surface area contributed by atoms with Gasteiger partial charge in [0.05, 0.1) is 17.9 Å². The van der Waals surface area contributed by atoms with Gasteiger partial charge in [0.25, 0.3) is 0 Å². The fourth-order valence-corrected chi connectivity index (χ4v) is 5.49. The largest absolute Gasteiger partial charge is 0.433 e. The van der Waals surface area contributed by atoms with E-state index in [-0.39, 0.29) is 23.6 Å². The average molecular weight is 613 g/mol. The van der Waals surface area contributed by atoms with Gasteiger partial charge in [-0.15, -0.1) is 0 Å². The van der Waals surface area contributed by atoms with Crippen molar-refractivity contribution in [1.82, 2.24) is 10.3 Å². The number of piperidine rings is 1. The van der Waals surface area contributed by atoms with E-state index in [0.717, 1.165) is 31.2 Å². The number of amides is 1. The molecule has 2 heterocycles. The molecule has 1 aliphatic heterocycles. The van der Waals surface area contributed by atoms with Gasteiger partial charge in [-0.3, -0.25) is 9.52 Å². The molecule has 1 aromatic heterocycles. The highest BCUT2D eigenvalue weighted by molar-refractivity contribution is 7.92. The molecule has 0 spiro atoms. The third-order valence-corrected chi connectivity index (χ3v) is 7.67. The molecule has 7 nitrogen and oxygen atoms in total. The minimum Gasteiger partial charge on any atom is -0.356 e. The second-order valence-corrected chi connectivity index (χ2v) is 12.4. The Morgan fingerprint density at radius 2 is 1.78 bits per heavy atom. The van der Waals surface area contributed by atoms with E-state index in [9.17, 15) is 30.8 Å². The standard InChI is InChI=1S/C28H29ClF4N4O3S/c1-17-10-12-37(13-11-17)26-20(7-9-24(35-26)28(31,32)33)16-34-27(38)25(18-4-3-5-21(29)14-18)19-6-8-23(22(30)15-19)36-41(2,39)40/h3-9,14-15,17,25,36H,10-13,16H2,1-2H3,(H,34,38). The molecule has 1 saturated heterocycles. The molecular formula is C28H29ClF4N4O3S. The highest BCUT2D eigenvalue weighted by atomic mass is 35.5. The number of carbonyl (C=O) groups excluding carboxylic acids is 1. The van der Waals surface area contributed by atoms with Crippen molar-refractivity contribution in [1.29, 1.82) is 0 Å². The lowest BCUT2D eigenvalue weighted by Crippen LogP contribution is -2.36. The summed E-state index contributed by atoms with van der Waals surface area (Å²) in [7, 11) is -3.74. The number of sulfonamides is 1. The summed E-state index contributed by atoms with van der Waals surface area (Å²) in [6, 6.07) is 12.3. The van der Waals surface area contributed by atoms with Crippen molar-refractivity contribution in [2.75, 3.05) is 29.0 Å². The fraction of sp³-hybridized carbons (Fsp3) is 0.357. The summed E-state index contributed by atoms with van der Waals surface area (Å²) in [4.78, 5) is 19.3. The highest BCUT2D eigenvalue weighted by Crippen LogP contribution is 2.33. The van der Waals surface area contributed by atoms with Crippen LogP contribution >= 0.6 is 11.6 Å². The molecule has 13 heteroatoms. The Morgan fingerprint density at radius 1 is 1.10 bits per heavy atom. The van der Waals surface area contributed by atoms with Crippen molar-refractivity contribution < 1.29 is 30.8 Å². The topological polar surface area (TPSA) is 91.4 Å². The molecule has 1 fully saturated rings. The number of hydrogen-bond donors (Lipinski definition) is 2. The number of nitrogens with zero attached hydrogens (tertiary/aromatic N) is 2. The Morgan fingerprint density at radius 3 is 2.39 bits per heavy atom. The van der Waals surface area contributed by atoms with Gasteiger partial charge in [0, 0.05) is 30.2 Å². The van der Waals surface area contributed by atoms with Crippen molar-refractivity contribution >= 4 is 39.0 Å². The molecule has 1 aliphatic rings. The van der Waals surface area contributed by atoms with Crippen LogP contribution in [0.3, 0.4) is 0 Å². The van der Waals surface area contributed by atoms with Crippen molar-refractivity contribution in [3.8, 4) is 0 Å². The SMILES string of the molecule is CC1CCN(c2nc(C(F)(F)F)ccc2CNC(=O)C(c2cccc(Cl)c2)c2ccc(NS(C)(=O)=O)c(F)c2)CC1. The van der Waals surface area contributed by atoms with E-state index in [0.29, 0.717) is 35.2 Å². The van der Waals surface area contributed by atoms with Crippen LogP contribution in [0.5, 0.6) is 0 Å². The van der Waals surface area contributed by atoms with Crippen molar-refractivity contribution in [2.45, 2.75) is 38.4 Å². The van der Waals surface area contributed by atoms with Gasteiger partial charge < -0.3 is 10.2 Å². The number of benzene rings is 2. The first-order chi connectivity index (χ1) is 19.2. The second kappa shape index (κ2) is 12.2. The van der Waals surface area contributed by atoms with Gasteiger partial charge in [-0.25, -0.2) is 17.8 Å². The van der Waals surface area contributed by atoms with E-state index in [1.54, 1.807) is 29.2 Å². The first-order valence-corrected chi connectivity index (χ1v) is 15.1. The molecule has 220 valence electrons. The molecule has 0 radical (unpaired) electrons. The van der Waals surface area contributed by atoms with Crippen molar-refractivity contribution in [2.24, 2.45) is 5.92 Å². The van der Waals surface area contributed by atoms with E-state index in [1.807, 2.05) is 0 Å². The summed E-state index contributed by atoms with van der Waals surface area (Å²) in [5, 5.41) is 3.11. The quantitative estimate of drug-likeness (QED) is 0.307. The molecule has 1 unspecified atom stereocenters. The molecule has 3 aromatic rings. The molecule has 41 heavy (non-hydrogen) atoms. The Balaban J connectivity index is 1.65. The molecule has 2 aromatic carbocycles. The van der Waals surface area contributed by atoms with Crippen LogP contribution in [0.1, 0.15) is 48.1 Å². The van der Waals surface area contributed by atoms with Crippen LogP contribution < -0.4 is 14.9 Å². The Hall–Kier alpha value is -3.38. The van der Waals surface area contributed by atoms with E-state index in [2.05, 4.69) is 21.9 Å². The molecular weight excluding hydrogens is 584 g/mol. The molecule has 1 atom stereocenters. The van der Waals surface area contributed by atoms with Gasteiger partial charge in [0.2, 0.25) is 15.9 Å². The number of carbonyl (C=O) groups is 1. The lowest BCUT2D eigenvalue weighted by Gasteiger charge is -2.33. The number of hydrogen-bond acceptors (Lipinski definition) is 5. The summed E-state index contributed by atoms with van der Waals surface area (Å²) < 4.78 is 80.5. The Labute approximate surface area is 241 Å². The summed E-state index contributed by atoms with van der Waals surface area (Å²) in [6.07, 6.45) is -2.14. The summed E-state index contributed by atoms with van der Waals surface area (Å²) in [6.45, 7) is 3.03. The second-order valence-electron chi connectivity index (χ2n) is 10.2. The molecule has 0 saturated carbocycles. The first kappa shape index (κ1) is 30.6. The third kappa shape index (κ3) is 7.88. The van der Waals surface area contributed by atoms with Gasteiger partial charge in [0.15, 0.2) is 0 Å². The summed E-state index contributed by atoms with van der Waals surface area (Å²) in [5.41, 5.74) is -0.232. The van der Waals surface area contributed by atoms with Crippen LogP contribution in [0.4, 0.5) is 29.1 Å². The number of nitrogens with one attached hydrogen (secondary N) is 2. The lowest BCUT2D eigenvalue weighted by molar-refractivity contribution is -0.141. The van der Waals surface area contributed by atoms with Crippen LogP contribution in [-0.4, -0.2) is 38.7 Å². The Kier molecular flexibility index (Phi) is 9.13. The molecule has 2 N–H and O–H groups in total. The maximum atomic E-state index is 14.9. The average Bonchev–Trinajstić information content (AvgIpc) is 2.88. The Bertz CT molecular complexity index is 1530. The van der Waals surface area contributed by atoms with Gasteiger partial charge >= 0.3 is 6.18 Å². The highest BCUT2D eigenvalue weighted by Gasteiger charge is 2.34. The minimum atomic E-state index is -4.63. The summed E-state index contributed by atoms with van der Waals surface area (Å²) in [5.74, 6) is -1.90. The van der Waals surface area contributed by atoms with Crippen molar-refractivity contribution in [3.63, 3.8) is 0 Å². The van der Waals surface area contributed by atoms with Gasteiger partial charge in [-0.05, 0) is 60.2 Å². The number of alkyl halides is 3. The maximum Gasteiger partial charge on any atom is 0.433 e. The number of pyridine rings is 1. The van der Waals surface area contributed by atoms with E-state index in [4.69, 9.17) is 11.6 Å². The molecule has 0 bridgehead atoms. The van der Waals surface area contributed by atoms with Gasteiger partial charge in [0.1, 0.15) is 17.3 Å². The fourth-order valence-electron chi connectivity index (χ4n) is 4.73. The smallest absolute Gasteiger partial charge is 0.356 e. The van der Waals surface area contributed by atoms with Crippen molar-refractivity contribution in [3.05, 3.63) is 87.8 Å². The minimum absolute atomic E-state index is 0.126. The van der Waals surface area contributed by atoms with Crippen LogP contribution in [0.25, 0.3) is 0 Å². The van der Waals surface area contributed by atoms with E-state index in [1.165, 1.54) is 18.2 Å². The summed E-state index contributed by atoms with van der Waals surface area (Å²) >= 11 is 6.16. The van der Waals surface area contributed by atoms with Crippen LogP contribution in [0.15, 0.2) is 54.6 Å². The number of rotatable bonds is 8. The van der Waals surface area contributed by atoms with Crippen LogP contribution in [-0.2, 0) is 27.5 Å². The number of halogens is 5. The van der Waals surface area contributed by atoms with Crippen LogP contribution in [0.2, 0.25) is 5.02 Å². The molecule has 1 amide bonds. The maximum absolute atomic E-state index is 14.9. The molecule has 0 aliphatic carbocycles.